The van der Waals surface area contributed by atoms with E-state index in [0.717, 1.165) is 16.3 Å². The Morgan fingerprint density at radius 1 is 1.50 bits per heavy atom. The zero-order valence-corrected chi connectivity index (χ0v) is 12.6. The van der Waals surface area contributed by atoms with Crippen LogP contribution in [0.4, 0.5) is 0 Å². The summed E-state index contributed by atoms with van der Waals surface area (Å²) >= 11 is 7.50. The maximum absolute atomic E-state index is 10.7. The van der Waals surface area contributed by atoms with Gasteiger partial charge in [-0.05, 0) is 18.7 Å². The van der Waals surface area contributed by atoms with Crippen LogP contribution in [0.2, 0.25) is 5.02 Å². The quantitative estimate of drug-likeness (QED) is 0.889. The highest BCUT2D eigenvalue weighted by molar-refractivity contribution is 7.09. The number of carbonyl (C=O) groups is 1. The van der Waals surface area contributed by atoms with E-state index in [9.17, 15) is 4.79 Å². The van der Waals surface area contributed by atoms with Gasteiger partial charge in [0, 0.05) is 16.0 Å². The normalized spacial score (nSPS) is 10.9. The molecule has 1 N–H and O–H groups in total. The van der Waals surface area contributed by atoms with Crippen molar-refractivity contribution in [2.45, 2.75) is 13.5 Å². The smallest absolute Gasteiger partial charge is 0.317 e. The summed E-state index contributed by atoms with van der Waals surface area (Å²) in [7, 11) is 0. The zero-order chi connectivity index (χ0) is 14.5. The first-order chi connectivity index (χ1) is 9.58. The van der Waals surface area contributed by atoms with Crippen LogP contribution in [0.1, 0.15) is 11.9 Å². The molecule has 1 heterocycles. The third kappa shape index (κ3) is 4.03. The molecule has 0 saturated heterocycles. The van der Waals surface area contributed by atoms with Gasteiger partial charge in [0.15, 0.2) is 0 Å². The molecule has 6 heteroatoms. The molecular formula is C14H15ClN2O2S. The van der Waals surface area contributed by atoms with E-state index >= 15 is 0 Å². The molecule has 1 aromatic heterocycles. The van der Waals surface area contributed by atoms with Crippen molar-refractivity contribution in [3.8, 4) is 11.3 Å². The number of hydrogen-bond acceptors (Lipinski definition) is 4. The Hall–Kier alpha value is -1.43. The van der Waals surface area contributed by atoms with Crippen LogP contribution in [-0.2, 0) is 11.3 Å². The second kappa shape index (κ2) is 6.83. The SMILES string of the molecule is CCN(CC(=O)O)Cc1nc(-c2cccc(Cl)c2)cs1. The van der Waals surface area contributed by atoms with Gasteiger partial charge >= 0.3 is 5.97 Å². The highest BCUT2D eigenvalue weighted by atomic mass is 35.5. The largest absolute Gasteiger partial charge is 0.480 e. The van der Waals surface area contributed by atoms with Crippen LogP contribution >= 0.6 is 22.9 Å². The van der Waals surface area contributed by atoms with E-state index in [0.29, 0.717) is 18.1 Å². The average molecular weight is 311 g/mol. The van der Waals surface area contributed by atoms with E-state index in [2.05, 4.69) is 4.98 Å². The number of thiazole rings is 1. The maximum atomic E-state index is 10.7. The Balaban J connectivity index is 2.10. The molecule has 4 nitrogen and oxygen atoms in total. The number of rotatable bonds is 6. The summed E-state index contributed by atoms with van der Waals surface area (Å²) in [5, 5.41) is 12.4. The van der Waals surface area contributed by atoms with E-state index in [4.69, 9.17) is 16.7 Å². The first-order valence-corrected chi connectivity index (χ1v) is 7.48. The highest BCUT2D eigenvalue weighted by Gasteiger charge is 2.11. The number of carboxylic acid groups (broad SMARTS) is 1. The van der Waals surface area contributed by atoms with Gasteiger partial charge in [0.25, 0.3) is 0 Å². The second-order valence-corrected chi connectivity index (χ2v) is 5.71. The first-order valence-electron chi connectivity index (χ1n) is 6.23. The Morgan fingerprint density at radius 2 is 2.30 bits per heavy atom. The molecule has 0 fully saturated rings. The molecule has 0 bridgehead atoms. The van der Waals surface area contributed by atoms with Gasteiger partial charge in [-0.2, -0.15) is 0 Å². The van der Waals surface area contributed by atoms with Gasteiger partial charge in [0.2, 0.25) is 0 Å². The lowest BCUT2D eigenvalue weighted by Crippen LogP contribution is -2.28. The standard InChI is InChI=1S/C14H15ClN2O2S/c1-2-17(8-14(18)19)7-13-16-12(9-20-13)10-4-3-5-11(15)6-10/h3-6,9H,2,7-8H2,1H3,(H,18,19). The molecule has 0 atom stereocenters. The predicted molar refractivity (Wildman–Crippen MR) is 81.1 cm³/mol. The molecule has 106 valence electrons. The predicted octanol–water partition coefficient (Wildman–Crippen LogP) is 3.37. The molecule has 20 heavy (non-hydrogen) atoms. The minimum Gasteiger partial charge on any atom is -0.480 e. The summed E-state index contributed by atoms with van der Waals surface area (Å²) in [6, 6.07) is 7.54. The maximum Gasteiger partial charge on any atom is 0.317 e. The van der Waals surface area contributed by atoms with Crippen LogP contribution in [0, 0.1) is 0 Å². The molecule has 0 unspecified atom stereocenters. The van der Waals surface area contributed by atoms with Gasteiger partial charge in [0.1, 0.15) is 5.01 Å². The van der Waals surface area contributed by atoms with Gasteiger partial charge in [-0.25, -0.2) is 4.98 Å². The average Bonchev–Trinajstić information content (AvgIpc) is 2.86. The summed E-state index contributed by atoms with van der Waals surface area (Å²) < 4.78 is 0. The Bertz CT molecular complexity index is 600. The van der Waals surface area contributed by atoms with Crippen molar-refractivity contribution in [2.24, 2.45) is 0 Å². The first kappa shape index (κ1) is 15.0. The minimum atomic E-state index is -0.821. The van der Waals surface area contributed by atoms with Crippen molar-refractivity contribution in [3.63, 3.8) is 0 Å². The molecule has 0 amide bonds. The van der Waals surface area contributed by atoms with Crippen LogP contribution in [0.25, 0.3) is 11.3 Å². The lowest BCUT2D eigenvalue weighted by atomic mass is 10.2. The number of benzene rings is 1. The van der Waals surface area contributed by atoms with Crippen molar-refractivity contribution >= 4 is 28.9 Å². The van der Waals surface area contributed by atoms with Crippen LogP contribution < -0.4 is 0 Å². The van der Waals surface area contributed by atoms with Crippen LogP contribution in [-0.4, -0.2) is 34.0 Å². The van der Waals surface area contributed by atoms with E-state index in [1.807, 2.05) is 41.5 Å². The molecule has 0 aliphatic heterocycles. The Kier molecular flexibility index (Phi) is 5.11. The number of aliphatic carboxylic acids is 1. The van der Waals surface area contributed by atoms with Crippen LogP contribution in [0.15, 0.2) is 29.6 Å². The fourth-order valence-corrected chi connectivity index (χ4v) is 2.86. The number of aromatic nitrogens is 1. The van der Waals surface area contributed by atoms with Crippen LogP contribution in [0.3, 0.4) is 0 Å². The lowest BCUT2D eigenvalue weighted by molar-refractivity contribution is -0.138. The van der Waals surface area contributed by atoms with E-state index in [1.165, 1.54) is 11.3 Å². The lowest BCUT2D eigenvalue weighted by Gasteiger charge is -2.15. The van der Waals surface area contributed by atoms with Crippen molar-refractivity contribution in [1.82, 2.24) is 9.88 Å². The van der Waals surface area contributed by atoms with Gasteiger partial charge in [0.05, 0.1) is 18.8 Å². The summed E-state index contributed by atoms with van der Waals surface area (Å²) in [6.07, 6.45) is 0. The van der Waals surface area contributed by atoms with Gasteiger partial charge < -0.3 is 5.11 Å². The fourth-order valence-electron chi connectivity index (χ4n) is 1.83. The summed E-state index contributed by atoms with van der Waals surface area (Å²) in [4.78, 5) is 17.1. The van der Waals surface area contributed by atoms with Gasteiger partial charge in [-0.15, -0.1) is 11.3 Å². The van der Waals surface area contributed by atoms with Gasteiger partial charge in [-0.1, -0.05) is 30.7 Å². The van der Waals surface area contributed by atoms with E-state index < -0.39 is 5.97 Å². The molecule has 0 aliphatic carbocycles. The number of carboxylic acids is 1. The molecular weight excluding hydrogens is 296 g/mol. The van der Waals surface area contributed by atoms with Crippen molar-refractivity contribution < 1.29 is 9.90 Å². The Labute approximate surface area is 126 Å². The third-order valence-electron chi connectivity index (χ3n) is 2.84. The second-order valence-electron chi connectivity index (χ2n) is 4.33. The van der Waals surface area contributed by atoms with Gasteiger partial charge in [-0.3, -0.25) is 9.69 Å². The van der Waals surface area contributed by atoms with E-state index in [1.54, 1.807) is 0 Å². The summed E-state index contributed by atoms with van der Waals surface area (Å²) in [5.41, 5.74) is 1.85. The van der Waals surface area contributed by atoms with Crippen LogP contribution in [0.5, 0.6) is 0 Å². The molecule has 0 saturated carbocycles. The van der Waals surface area contributed by atoms with Crippen molar-refractivity contribution in [1.29, 1.82) is 0 Å². The zero-order valence-electron chi connectivity index (χ0n) is 11.0. The molecule has 0 aliphatic rings. The topological polar surface area (TPSA) is 53.4 Å². The Morgan fingerprint density at radius 3 is 2.95 bits per heavy atom. The molecule has 0 radical (unpaired) electrons. The minimum absolute atomic E-state index is 0.0303. The molecule has 1 aromatic carbocycles. The highest BCUT2D eigenvalue weighted by Crippen LogP contribution is 2.24. The molecule has 2 aromatic rings. The monoisotopic (exact) mass is 310 g/mol. The summed E-state index contributed by atoms with van der Waals surface area (Å²) in [6.45, 7) is 3.20. The summed E-state index contributed by atoms with van der Waals surface area (Å²) in [5.74, 6) is -0.821. The number of hydrogen-bond donors (Lipinski definition) is 1. The number of nitrogens with zero attached hydrogens (tertiary/aromatic N) is 2. The number of halogens is 1. The van der Waals surface area contributed by atoms with Crippen molar-refractivity contribution in [3.05, 3.63) is 39.7 Å². The van der Waals surface area contributed by atoms with E-state index in [-0.39, 0.29) is 6.54 Å². The molecule has 2 rings (SSSR count). The third-order valence-corrected chi connectivity index (χ3v) is 3.91. The number of likely N-dealkylation sites (N-methyl/N-ethyl adjacent to an activating group) is 1. The molecule has 0 spiro atoms. The fraction of sp³-hybridized carbons (Fsp3) is 0.286. The van der Waals surface area contributed by atoms with Crippen molar-refractivity contribution in [2.75, 3.05) is 13.1 Å².